The summed E-state index contributed by atoms with van der Waals surface area (Å²) in [6.07, 6.45) is 19.0. The van der Waals surface area contributed by atoms with Crippen LogP contribution < -0.4 is 39.7 Å². The molecule has 4 fully saturated rings. The smallest absolute Gasteiger partial charge is 0.849 e. The van der Waals surface area contributed by atoms with Gasteiger partial charge in [0.25, 0.3) is 0 Å². The Hall–Kier alpha value is -2.71. The zero-order valence-electron chi connectivity index (χ0n) is 56.4. The maximum Gasteiger partial charge on any atom is 2.00 e. The molecule has 0 bridgehead atoms. The number of piperidine rings is 2. The molecule has 2 N–H and O–H groups in total. The first-order valence-electron chi connectivity index (χ1n) is 33.1. The van der Waals surface area contributed by atoms with Crippen LogP contribution >= 0.6 is 46.4 Å². The number of hydrogen-bond donors (Lipinski definition) is 2. The van der Waals surface area contributed by atoms with Crippen molar-refractivity contribution in [3.05, 3.63) is 203 Å². The van der Waals surface area contributed by atoms with Crippen LogP contribution in [0.3, 0.4) is 0 Å². The number of alkyl halides is 4. The Bertz CT molecular complexity index is 2490. The zero-order chi connectivity index (χ0) is 65.1. The van der Waals surface area contributed by atoms with Gasteiger partial charge < -0.3 is 49.5 Å². The number of likely N-dealkylation sites (tertiary alicyclic amines) is 2. The molecule has 0 unspecified atom stereocenters. The monoisotopic (exact) mass is 1360 g/mol. The first-order chi connectivity index (χ1) is 43.5. The van der Waals surface area contributed by atoms with Gasteiger partial charge in [0.05, 0.1) is 66.2 Å². The van der Waals surface area contributed by atoms with Gasteiger partial charge in [-0.3, -0.25) is 0 Å². The third-order valence-corrected chi connectivity index (χ3v) is 18.3. The van der Waals surface area contributed by atoms with Crippen molar-refractivity contribution in [3.63, 3.8) is 0 Å². The predicted octanol–water partition coefficient (Wildman–Crippen LogP) is 10.4. The minimum atomic E-state index is -1.15. The largest absolute Gasteiger partial charge is 2.00 e. The summed E-state index contributed by atoms with van der Waals surface area (Å²) in [7, 11) is 11.9. The summed E-state index contributed by atoms with van der Waals surface area (Å²) in [5, 5.41) is 54.4. The summed E-state index contributed by atoms with van der Waals surface area (Å²) in [4.78, 5) is 7.57. The van der Waals surface area contributed by atoms with Gasteiger partial charge >= 0.3 is 46.1 Å². The molecule has 16 heteroatoms. The Morgan fingerprint density at radius 3 is 0.870 bits per heavy atom. The topological polar surface area (TPSA) is 126 Å². The summed E-state index contributed by atoms with van der Waals surface area (Å²) in [5.74, 6) is 1.90. The maximum absolute atomic E-state index is 13.7. The van der Waals surface area contributed by atoms with E-state index in [0.717, 1.165) is 137 Å². The molecule has 6 aromatic carbocycles. The van der Waals surface area contributed by atoms with Crippen LogP contribution in [0.4, 0.5) is 0 Å². The van der Waals surface area contributed by atoms with Crippen molar-refractivity contribution in [2.45, 2.75) is 150 Å². The van der Waals surface area contributed by atoms with Crippen molar-refractivity contribution in [3.8, 4) is 11.5 Å². The molecule has 10 rings (SSSR count). The average molecular weight is 1360 g/mol. The summed E-state index contributed by atoms with van der Waals surface area (Å²) < 4.78 is 10.4. The molecule has 2 saturated heterocycles. The Kier molecular flexibility index (Phi) is 41.5. The molecule has 496 valence electrons. The first-order valence-corrected chi connectivity index (χ1v) is 35.2. The quantitative estimate of drug-likeness (QED) is 0.0572. The number of rotatable bonds is 20. The third-order valence-electron chi connectivity index (χ3n) is 18.3. The fourth-order valence-corrected chi connectivity index (χ4v) is 13.4. The van der Waals surface area contributed by atoms with Gasteiger partial charge in [0.2, 0.25) is 0 Å². The number of halogens is 4. The van der Waals surface area contributed by atoms with E-state index in [1.165, 1.54) is 72.3 Å². The Morgan fingerprint density at radius 1 is 0.402 bits per heavy atom. The zero-order valence-corrected chi connectivity index (χ0v) is 62.2. The number of nitrogens with one attached hydrogen (secondary N) is 2. The molecular weight excluding hydrogens is 1260 g/mol. The van der Waals surface area contributed by atoms with Gasteiger partial charge in [-0.25, -0.2) is 0 Å². The minimum absolute atomic E-state index is 0. The van der Waals surface area contributed by atoms with Crippen LogP contribution in [0.5, 0.6) is 11.5 Å². The molecule has 2 saturated carbocycles. The number of ether oxygens (including phenoxy) is 2. The fraction of sp³-hybridized carbons (Fsp3) is 0.526. The second-order valence-corrected chi connectivity index (χ2v) is 27.0. The van der Waals surface area contributed by atoms with Crippen molar-refractivity contribution in [2.24, 2.45) is 0 Å². The van der Waals surface area contributed by atoms with Crippen molar-refractivity contribution < 1.29 is 39.7 Å². The van der Waals surface area contributed by atoms with E-state index in [1.807, 2.05) is 146 Å². The van der Waals surface area contributed by atoms with Crippen LogP contribution in [0.2, 0.25) is 0 Å². The van der Waals surface area contributed by atoms with Gasteiger partial charge in [-0.1, -0.05) is 256 Å². The van der Waals surface area contributed by atoms with Crippen LogP contribution in [0, 0.1) is 0 Å². The van der Waals surface area contributed by atoms with Crippen LogP contribution in [0.15, 0.2) is 170 Å². The molecule has 2 atom stereocenters. The van der Waals surface area contributed by atoms with E-state index >= 15 is 0 Å². The Labute approximate surface area is 607 Å². The number of benzene rings is 6. The predicted molar refractivity (Wildman–Crippen MR) is 380 cm³/mol. The van der Waals surface area contributed by atoms with Gasteiger partial charge in [0.15, 0.2) is 0 Å². The molecule has 0 spiro atoms. The molecule has 2 aliphatic carbocycles. The molecule has 6 aromatic rings. The van der Waals surface area contributed by atoms with E-state index in [0.29, 0.717) is 12.8 Å². The Balaban J connectivity index is 0.000000309. The maximum atomic E-state index is 13.7. The standard InChI is InChI=1S/2C20H24NO.2C17H26NO2.2CH2Cl2.2Mg/c2*22-20(18-10-4-1-5-11-18,19-12-6-2-7-13-19)14-17-21-15-8-3-9-16-21;2*1-18(2)13-16(17(19)11-5-4-6-12-17)14-7-9-15(20-3)10-8-14;2*2-1-3;;/h2*1-2,4-7,10-13H,3,8-9,14-17H2;2*7-10,16H,4-6,11-13H2,1-3H3;2*1H2;;/q4*-1;;;2*+2/p+2/t;;2*16-;;;;/m..10..../s1. The SMILES string of the molecule is COc1ccc([C@@H](C[NH+](C)C)C2([O-])CCCCC2)cc1.COc1ccc([C@H](C[NH+](C)C)C2([O-])CCCCC2)cc1.ClCCl.ClCCl.[Mg+2].[Mg+2].[O-]C(CCN1CCCCC1)(c1ccccc1)c1ccccc1.[O-]C(CCN1CCCCC1)(c1ccccc1)c1ccccc1. The summed E-state index contributed by atoms with van der Waals surface area (Å²) in [6, 6.07) is 55.5. The first kappa shape index (κ1) is 83.5. The van der Waals surface area contributed by atoms with Gasteiger partial charge in [-0.05, 0) is 113 Å². The second kappa shape index (κ2) is 45.7. The van der Waals surface area contributed by atoms with Crippen molar-refractivity contribution in [1.82, 2.24) is 9.80 Å². The van der Waals surface area contributed by atoms with Gasteiger partial charge in [-0.15, -0.1) is 57.6 Å². The van der Waals surface area contributed by atoms with Crippen molar-refractivity contribution in [2.75, 3.05) is 105 Å². The summed E-state index contributed by atoms with van der Waals surface area (Å²) in [5.41, 5.74) is 1.95. The summed E-state index contributed by atoms with van der Waals surface area (Å²) in [6.45, 7) is 8.12. The van der Waals surface area contributed by atoms with Crippen molar-refractivity contribution in [1.29, 1.82) is 0 Å². The number of nitrogens with zero attached hydrogens (tertiary/aromatic N) is 2. The third kappa shape index (κ3) is 27.7. The van der Waals surface area contributed by atoms with Crippen molar-refractivity contribution >= 4 is 92.5 Å². The molecule has 10 nitrogen and oxygen atoms in total. The number of quaternary nitrogens is 2. The fourth-order valence-electron chi connectivity index (χ4n) is 13.4. The van der Waals surface area contributed by atoms with Gasteiger partial charge in [0, 0.05) is 11.8 Å². The van der Waals surface area contributed by atoms with E-state index in [1.54, 1.807) is 14.2 Å². The second-order valence-electron chi connectivity index (χ2n) is 25.3. The molecule has 2 aliphatic heterocycles. The van der Waals surface area contributed by atoms with Crippen LogP contribution in [-0.2, 0) is 11.2 Å². The molecule has 0 aromatic heterocycles. The van der Waals surface area contributed by atoms with E-state index in [-0.39, 0.29) is 68.6 Å². The summed E-state index contributed by atoms with van der Waals surface area (Å²) >= 11 is 19.1. The molecule has 92 heavy (non-hydrogen) atoms. The van der Waals surface area contributed by atoms with E-state index in [4.69, 9.17) is 55.9 Å². The van der Waals surface area contributed by atoms with Crippen LogP contribution in [-0.4, -0.2) is 173 Å². The molecule has 2 heterocycles. The molecule has 0 radical (unpaired) electrons. The molecule has 4 aliphatic rings. The van der Waals surface area contributed by atoms with E-state index in [9.17, 15) is 20.4 Å². The molecular formula is C76H106Cl4Mg2N4O6+2. The van der Waals surface area contributed by atoms with E-state index < -0.39 is 22.4 Å². The normalized spacial score (nSPS) is 17.0. The average Bonchev–Trinajstić information content (AvgIpc) is 0.851. The van der Waals surface area contributed by atoms with Gasteiger partial charge in [-0.2, -0.15) is 0 Å². The van der Waals surface area contributed by atoms with Crippen LogP contribution in [0.25, 0.3) is 0 Å². The number of hydrogen-bond acceptors (Lipinski definition) is 8. The molecule has 0 amide bonds. The van der Waals surface area contributed by atoms with Crippen LogP contribution in [0.1, 0.15) is 161 Å². The number of methoxy groups -OCH3 is 2. The minimum Gasteiger partial charge on any atom is -0.849 e. The van der Waals surface area contributed by atoms with Gasteiger partial charge in [0.1, 0.15) is 11.5 Å². The Morgan fingerprint density at radius 2 is 0.641 bits per heavy atom. The number of likely N-dealkylation sites (N-methyl/N-ethyl adjacent to an activating group) is 2. The van der Waals surface area contributed by atoms with E-state index in [2.05, 4.69) is 62.3 Å².